The molecule has 1 rings (SSSR count). The predicted molar refractivity (Wildman–Crippen MR) is 77.4 cm³/mol. The summed E-state index contributed by atoms with van der Waals surface area (Å²) in [6.07, 6.45) is 4.20. The number of hydrogen-bond acceptors (Lipinski definition) is 4. The Hall–Kier alpha value is -1.13. The van der Waals surface area contributed by atoms with Gasteiger partial charge in [0.15, 0.2) is 0 Å². The van der Waals surface area contributed by atoms with Crippen molar-refractivity contribution < 1.29 is 9.47 Å². The standard InChI is InChI=1S/C15H26N2O2/c1-4-5-13(2)12-19-15-7-6-14(17-11-15)10-16-8-9-18-3/h6-7,11,13,16H,4-5,8-10,12H2,1-3H3. The van der Waals surface area contributed by atoms with Gasteiger partial charge in [0.2, 0.25) is 0 Å². The number of nitrogens with one attached hydrogen (secondary N) is 1. The third-order valence-corrected chi connectivity index (χ3v) is 2.90. The van der Waals surface area contributed by atoms with Crippen molar-refractivity contribution in [3.05, 3.63) is 24.0 Å². The number of nitrogens with zero attached hydrogens (tertiary/aromatic N) is 1. The van der Waals surface area contributed by atoms with E-state index in [1.54, 1.807) is 13.3 Å². The molecular formula is C15H26N2O2. The summed E-state index contributed by atoms with van der Waals surface area (Å²) in [5, 5.41) is 3.26. The number of hydrogen-bond donors (Lipinski definition) is 1. The molecule has 0 aromatic carbocycles. The van der Waals surface area contributed by atoms with E-state index in [0.717, 1.165) is 37.7 Å². The van der Waals surface area contributed by atoms with E-state index in [1.807, 2.05) is 12.1 Å². The van der Waals surface area contributed by atoms with Crippen LogP contribution in [0.3, 0.4) is 0 Å². The summed E-state index contributed by atoms with van der Waals surface area (Å²) in [4.78, 5) is 4.37. The van der Waals surface area contributed by atoms with Crippen molar-refractivity contribution in [3.63, 3.8) is 0 Å². The second-order valence-corrected chi connectivity index (χ2v) is 4.86. The fourth-order valence-corrected chi connectivity index (χ4v) is 1.81. The van der Waals surface area contributed by atoms with Gasteiger partial charge in [0.1, 0.15) is 5.75 Å². The fraction of sp³-hybridized carbons (Fsp3) is 0.667. The summed E-state index contributed by atoms with van der Waals surface area (Å²) in [5.74, 6) is 1.45. The maximum Gasteiger partial charge on any atom is 0.137 e. The summed E-state index contributed by atoms with van der Waals surface area (Å²) < 4.78 is 10.7. The first-order valence-corrected chi connectivity index (χ1v) is 7.03. The predicted octanol–water partition coefficient (Wildman–Crippen LogP) is 2.63. The average Bonchev–Trinajstić information content (AvgIpc) is 2.43. The minimum Gasteiger partial charge on any atom is -0.492 e. The van der Waals surface area contributed by atoms with E-state index < -0.39 is 0 Å². The first-order valence-electron chi connectivity index (χ1n) is 7.03. The van der Waals surface area contributed by atoms with Crippen LogP contribution in [0.4, 0.5) is 0 Å². The molecule has 0 aliphatic carbocycles. The zero-order valence-electron chi connectivity index (χ0n) is 12.3. The number of rotatable bonds is 10. The number of aromatic nitrogens is 1. The lowest BCUT2D eigenvalue weighted by atomic mass is 10.1. The molecule has 1 N–H and O–H groups in total. The van der Waals surface area contributed by atoms with Crippen LogP contribution < -0.4 is 10.1 Å². The zero-order valence-corrected chi connectivity index (χ0v) is 12.3. The molecular weight excluding hydrogens is 240 g/mol. The normalized spacial score (nSPS) is 12.4. The molecule has 1 aromatic heterocycles. The van der Waals surface area contributed by atoms with Crippen LogP contribution >= 0.6 is 0 Å². The SMILES string of the molecule is CCCC(C)COc1ccc(CNCCOC)nc1. The van der Waals surface area contributed by atoms with Gasteiger partial charge >= 0.3 is 0 Å². The molecule has 0 bridgehead atoms. The Morgan fingerprint density at radius 3 is 2.84 bits per heavy atom. The molecule has 0 aliphatic rings. The maximum absolute atomic E-state index is 5.72. The molecule has 0 saturated heterocycles. The minimum absolute atomic E-state index is 0.598. The van der Waals surface area contributed by atoms with E-state index in [-0.39, 0.29) is 0 Å². The molecule has 0 fully saturated rings. The summed E-state index contributed by atoms with van der Waals surface area (Å²) in [6, 6.07) is 3.98. The van der Waals surface area contributed by atoms with Gasteiger partial charge in [0, 0.05) is 20.2 Å². The van der Waals surface area contributed by atoms with Gasteiger partial charge < -0.3 is 14.8 Å². The molecule has 108 valence electrons. The van der Waals surface area contributed by atoms with Crippen LogP contribution in [0.2, 0.25) is 0 Å². The lowest BCUT2D eigenvalue weighted by Gasteiger charge is -2.12. The van der Waals surface area contributed by atoms with E-state index in [2.05, 4.69) is 24.1 Å². The van der Waals surface area contributed by atoms with Crippen LogP contribution in [0.15, 0.2) is 18.3 Å². The summed E-state index contributed by atoms with van der Waals surface area (Å²) >= 11 is 0. The number of ether oxygens (including phenoxy) is 2. The number of pyridine rings is 1. The quantitative estimate of drug-likeness (QED) is 0.661. The Balaban J connectivity index is 2.27. The third kappa shape index (κ3) is 7.13. The van der Waals surface area contributed by atoms with Crippen molar-refractivity contribution >= 4 is 0 Å². The van der Waals surface area contributed by atoms with Crippen LogP contribution in [0.1, 0.15) is 32.4 Å². The smallest absolute Gasteiger partial charge is 0.137 e. The largest absolute Gasteiger partial charge is 0.492 e. The van der Waals surface area contributed by atoms with Crippen molar-refractivity contribution in [3.8, 4) is 5.75 Å². The van der Waals surface area contributed by atoms with Gasteiger partial charge in [-0.25, -0.2) is 0 Å². The Morgan fingerprint density at radius 1 is 1.37 bits per heavy atom. The molecule has 0 spiro atoms. The van der Waals surface area contributed by atoms with Crippen molar-refractivity contribution in [2.24, 2.45) is 5.92 Å². The highest BCUT2D eigenvalue weighted by molar-refractivity contribution is 5.19. The van der Waals surface area contributed by atoms with E-state index in [4.69, 9.17) is 9.47 Å². The van der Waals surface area contributed by atoms with E-state index >= 15 is 0 Å². The van der Waals surface area contributed by atoms with Gasteiger partial charge in [-0.2, -0.15) is 0 Å². The molecule has 1 aromatic rings. The topological polar surface area (TPSA) is 43.4 Å². The molecule has 0 aliphatic heterocycles. The molecule has 4 heteroatoms. The summed E-state index contributed by atoms with van der Waals surface area (Å²) in [7, 11) is 1.70. The second kappa shape index (κ2) is 9.75. The second-order valence-electron chi connectivity index (χ2n) is 4.86. The average molecular weight is 266 g/mol. The fourth-order valence-electron chi connectivity index (χ4n) is 1.81. The highest BCUT2D eigenvalue weighted by atomic mass is 16.5. The van der Waals surface area contributed by atoms with Crippen LogP contribution in [0.5, 0.6) is 5.75 Å². The molecule has 0 radical (unpaired) electrons. The zero-order chi connectivity index (χ0) is 13.9. The van der Waals surface area contributed by atoms with Crippen LogP contribution in [-0.4, -0.2) is 31.9 Å². The van der Waals surface area contributed by atoms with Crippen molar-refractivity contribution in [1.82, 2.24) is 10.3 Å². The number of methoxy groups -OCH3 is 1. The molecule has 1 atom stereocenters. The highest BCUT2D eigenvalue weighted by Crippen LogP contribution is 2.12. The van der Waals surface area contributed by atoms with Gasteiger partial charge in [-0.3, -0.25) is 4.98 Å². The molecule has 1 unspecified atom stereocenters. The Labute approximate surface area is 116 Å². The molecule has 0 saturated carbocycles. The van der Waals surface area contributed by atoms with Gasteiger partial charge in [-0.05, 0) is 24.5 Å². The van der Waals surface area contributed by atoms with Gasteiger partial charge in [0.25, 0.3) is 0 Å². The first kappa shape index (κ1) is 15.9. The molecule has 0 amide bonds. The minimum atomic E-state index is 0.598. The van der Waals surface area contributed by atoms with Gasteiger partial charge in [-0.15, -0.1) is 0 Å². The monoisotopic (exact) mass is 266 g/mol. The molecule has 4 nitrogen and oxygen atoms in total. The van der Waals surface area contributed by atoms with E-state index in [9.17, 15) is 0 Å². The van der Waals surface area contributed by atoms with Crippen molar-refractivity contribution in [2.45, 2.75) is 33.2 Å². The van der Waals surface area contributed by atoms with E-state index in [1.165, 1.54) is 12.8 Å². The summed E-state index contributed by atoms with van der Waals surface area (Å²) in [5.41, 5.74) is 1.02. The van der Waals surface area contributed by atoms with Crippen molar-refractivity contribution in [2.75, 3.05) is 26.9 Å². The Bertz CT molecular complexity index is 327. The molecule has 1 heterocycles. The maximum atomic E-state index is 5.72. The molecule has 19 heavy (non-hydrogen) atoms. The van der Waals surface area contributed by atoms with Gasteiger partial charge in [0.05, 0.1) is 25.1 Å². The Kier molecular flexibility index (Phi) is 8.18. The lowest BCUT2D eigenvalue weighted by molar-refractivity contribution is 0.199. The highest BCUT2D eigenvalue weighted by Gasteiger charge is 2.02. The van der Waals surface area contributed by atoms with Crippen LogP contribution in [0.25, 0.3) is 0 Å². The van der Waals surface area contributed by atoms with Crippen LogP contribution in [0, 0.1) is 5.92 Å². The lowest BCUT2D eigenvalue weighted by Crippen LogP contribution is -2.19. The van der Waals surface area contributed by atoms with Gasteiger partial charge in [-0.1, -0.05) is 20.3 Å². The van der Waals surface area contributed by atoms with E-state index in [0.29, 0.717) is 5.92 Å². The van der Waals surface area contributed by atoms with Crippen LogP contribution in [-0.2, 0) is 11.3 Å². The van der Waals surface area contributed by atoms with Crippen molar-refractivity contribution in [1.29, 1.82) is 0 Å². The Morgan fingerprint density at radius 2 is 2.21 bits per heavy atom. The summed E-state index contributed by atoms with van der Waals surface area (Å²) in [6.45, 7) is 7.49. The third-order valence-electron chi connectivity index (χ3n) is 2.90. The first-order chi connectivity index (χ1) is 9.26.